The van der Waals surface area contributed by atoms with E-state index >= 15 is 0 Å². The van der Waals surface area contributed by atoms with Crippen molar-refractivity contribution in [2.24, 2.45) is 0 Å². The first-order valence-electron chi connectivity index (χ1n) is 6.82. The fraction of sp³-hybridized carbons (Fsp3) is 0.400. The average molecular weight is 274 g/mol. The van der Waals surface area contributed by atoms with Crippen LogP contribution in [0.15, 0.2) is 30.3 Å². The predicted molar refractivity (Wildman–Crippen MR) is 73.7 cm³/mol. The average Bonchev–Trinajstić information content (AvgIpc) is 2.43. The van der Waals surface area contributed by atoms with E-state index in [0.717, 1.165) is 12.8 Å². The van der Waals surface area contributed by atoms with Gasteiger partial charge >= 0.3 is 0 Å². The molecule has 5 nitrogen and oxygen atoms in total. The van der Waals surface area contributed by atoms with Gasteiger partial charge in [0, 0.05) is 12.8 Å². The summed E-state index contributed by atoms with van der Waals surface area (Å²) in [6.07, 6.45) is 2.62. The van der Waals surface area contributed by atoms with Crippen LogP contribution in [0.4, 0.5) is 0 Å². The number of amides is 3. The van der Waals surface area contributed by atoms with Crippen LogP contribution in [0, 0.1) is 0 Å². The quantitative estimate of drug-likeness (QED) is 0.784. The van der Waals surface area contributed by atoms with Crippen molar-refractivity contribution in [2.75, 3.05) is 0 Å². The monoisotopic (exact) mass is 274 g/mol. The highest BCUT2D eigenvalue weighted by atomic mass is 16.2. The van der Waals surface area contributed by atoms with Crippen molar-refractivity contribution in [3.63, 3.8) is 0 Å². The molecule has 0 spiro atoms. The zero-order valence-corrected chi connectivity index (χ0v) is 11.2. The Morgan fingerprint density at radius 3 is 2.70 bits per heavy atom. The number of aryl methyl sites for hydroxylation is 1. The summed E-state index contributed by atoms with van der Waals surface area (Å²) < 4.78 is 0. The molecule has 1 fully saturated rings. The molecule has 2 rings (SSSR count). The first-order valence-corrected chi connectivity index (χ1v) is 6.82. The lowest BCUT2D eigenvalue weighted by Gasteiger charge is -2.21. The summed E-state index contributed by atoms with van der Waals surface area (Å²) >= 11 is 0. The van der Waals surface area contributed by atoms with Gasteiger partial charge in [-0.05, 0) is 24.8 Å². The maximum Gasteiger partial charge on any atom is 0.249 e. The summed E-state index contributed by atoms with van der Waals surface area (Å²) in [6, 6.07) is 9.38. The van der Waals surface area contributed by atoms with E-state index in [0.29, 0.717) is 12.8 Å². The maximum atomic E-state index is 11.8. The van der Waals surface area contributed by atoms with Crippen LogP contribution in [-0.4, -0.2) is 23.8 Å². The molecule has 0 radical (unpaired) electrons. The van der Waals surface area contributed by atoms with Crippen molar-refractivity contribution in [3.8, 4) is 0 Å². The van der Waals surface area contributed by atoms with Gasteiger partial charge in [-0.25, -0.2) is 0 Å². The minimum atomic E-state index is -0.572. The topological polar surface area (TPSA) is 75.3 Å². The number of rotatable bonds is 5. The Morgan fingerprint density at radius 2 is 2.00 bits per heavy atom. The SMILES string of the molecule is O=C1CCC(NC(=O)CCCc2ccccc2)C(=O)N1. The van der Waals surface area contributed by atoms with Gasteiger partial charge < -0.3 is 5.32 Å². The molecule has 5 heteroatoms. The molecule has 1 aromatic carbocycles. The molecule has 1 atom stereocenters. The van der Waals surface area contributed by atoms with Gasteiger partial charge in [0.05, 0.1) is 0 Å². The molecule has 0 saturated carbocycles. The van der Waals surface area contributed by atoms with Crippen molar-refractivity contribution in [1.29, 1.82) is 0 Å². The third-order valence-electron chi connectivity index (χ3n) is 3.29. The van der Waals surface area contributed by atoms with E-state index in [1.54, 1.807) is 0 Å². The third kappa shape index (κ3) is 4.19. The van der Waals surface area contributed by atoms with Crippen molar-refractivity contribution < 1.29 is 14.4 Å². The standard InChI is InChI=1S/C15H18N2O3/c18-13(8-4-7-11-5-2-1-3-6-11)16-12-9-10-14(19)17-15(12)20/h1-3,5-6,12H,4,7-10H2,(H,16,18)(H,17,19,20). The molecule has 20 heavy (non-hydrogen) atoms. The zero-order valence-electron chi connectivity index (χ0n) is 11.2. The molecule has 1 aliphatic rings. The minimum absolute atomic E-state index is 0.143. The van der Waals surface area contributed by atoms with E-state index in [1.165, 1.54) is 5.56 Å². The Balaban J connectivity index is 1.70. The number of imide groups is 1. The Labute approximate surface area is 117 Å². The van der Waals surface area contributed by atoms with Crippen LogP contribution < -0.4 is 10.6 Å². The molecular weight excluding hydrogens is 256 g/mol. The lowest BCUT2D eigenvalue weighted by molar-refractivity contribution is -0.137. The highest BCUT2D eigenvalue weighted by Gasteiger charge is 2.27. The molecule has 3 amide bonds. The number of nitrogens with one attached hydrogen (secondary N) is 2. The first kappa shape index (κ1) is 14.2. The van der Waals surface area contributed by atoms with Crippen LogP contribution >= 0.6 is 0 Å². The van der Waals surface area contributed by atoms with E-state index in [1.807, 2.05) is 30.3 Å². The van der Waals surface area contributed by atoms with Gasteiger partial charge in [-0.2, -0.15) is 0 Å². The number of benzene rings is 1. The van der Waals surface area contributed by atoms with E-state index in [-0.39, 0.29) is 18.2 Å². The predicted octanol–water partition coefficient (Wildman–Crippen LogP) is 0.931. The van der Waals surface area contributed by atoms with Gasteiger partial charge in [0.25, 0.3) is 0 Å². The Hall–Kier alpha value is -2.17. The van der Waals surface area contributed by atoms with Gasteiger partial charge in [-0.15, -0.1) is 0 Å². The molecule has 1 aliphatic heterocycles. The fourth-order valence-electron chi connectivity index (χ4n) is 2.20. The van der Waals surface area contributed by atoms with Gasteiger partial charge in [0.1, 0.15) is 6.04 Å². The van der Waals surface area contributed by atoms with Gasteiger partial charge in [-0.1, -0.05) is 30.3 Å². The highest BCUT2D eigenvalue weighted by molar-refractivity contribution is 6.01. The van der Waals surface area contributed by atoms with Crippen LogP contribution in [0.3, 0.4) is 0 Å². The molecule has 0 bridgehead atoms. The summed E-state index contributed by atoms with van der Waals surface area (Å²) in [4.78, 5) is 34.2. The summed E-state index contributed by atoms with van der Waals surface area (Å²) in [5, 5.41) is 4.90. The smallest absolute Gasteiger partial charge is 0.249 e. The Bertz CT molecular complexity index is 499. The first-order chi connectivity index (χ1) is 9.65. The van der Waals surface area contributed by atoms with Crippen molar-refractivity contribution in [1.82, 2.24) is 10.6 Å². The van der Waals surface area contributed by atoms with Crippen LogP contribution in [0.1, 0.15) is 31.2 Å². The minimum Gasteiger partial charge on any atom is -0.344 e. The molecule has 2 N–H and O–H groups in total. The molecular formula is C15H18N2O3. The summed E-state index contributed by atoms with van der Waals surface area (Å²) in [5.41, 5.74) is 1.20. The second-order valence-electron chi connectivity index (χ2n) is 4.91. The summed E-state index contributed by atoms with van der Waals surface area (Å²) in [5.74, 6) is -0.822. The van der Waals surface area contributed by atoms with E-state index in [4.69, 9.17) is 0 Å². The largest absolute Gasteiger partial charge is 0.344 e. The van der Waals surface area contributed by atoms with Crippen LogP contribution in [-0.2, 0) is 20.8 Å². The highest BCUT2D eigenvalue weighted by Crippen LogP contribution is 2.07. The normalized spacial score (nSPS) is 18.5. The molecule has 0 aliphatic carbocycles. The van der Waals surface area contributed by atoms with Gasteiger partial charge in [0.15, 0.2) is 0 Å². The van der Waals surface area contributed by atoms with E-state index in [2.05, 4.69) is 10.6 Å². The Kier molecular flexibility index (Phi) is 4.87. The molecule has 106 valence electrons. The lowest BCUT2D eigenvalue weighted by atomic mass is 10.1. The van der Waals surface area contributed by atoms with Crippen LogP contribution in [0.2, 0.25) is 0 Å². The van der Waals surface area contributed by atoms with E-state index in [9.17, 15) is 14.4 Å². The fourth-order valence-corrected chi connectivity index (χ4v) is 2.20. The summed E-state index contributed by atoms with van der Waals surface area (Å²) in [6.45, 7) is 0. The molecule has 1 heterocycles. The molecule has 1 unspecified atom stereocenters. The molecule has 1 saturated heterocycles. The number of carbonyl (C=O) groups excluding carboxylic acids is 3. The molecule has 0 aromatic heterocycles. The van der Waals surface area contributed by atoms with Gasteiger partial charge in [-0.3, -0.25) is 19.7 Å². The number of piperidine rings is 1. The van der Waals surface area contributed by atoms with Crippen molar-refractivity contribution >= 4 is 17.7 Å². The van der Waals surface area contributed by atoms with Crippen LogP contribution in [0.5, 0.6) is 0 Å². The van der Waals surface area contributed by atoms with Crippen molar-refractivity contribution in [2.45, 2.75) is 38.1 Å². The van der Waals surface area contributed by atoms with Crippen molar-refractivity contribution in [3.05, 3.63) is 35.9 Å². The van der Waals surface area contributed by atoms with Gasteiger partial charge in [0.2, 0.25) is 17.7 Å². The molecule has 1 aromatic rings. The summed E-state index contributed by atoms with van der Waals surface area (Å²) in [7, 11) is 0. The third-order valence-corrected chi connectivity index (χ3v) is 3.29. The number of hydrogen-bond donors (Lipinski definition) is 2. The second kappa shape index (κ2) is 6.84. The number of carbonyl (C=O) groups is 3. The van der Waals surface area contributed by atoms with E-state index < -0.39 is 11.9 Å². The second-order valence-corrected chi connectivity index (χ2v) is 4.91. The zero-order chi connectivity index (χ0) is 14.4. The lowest BCUT2D eigenvalue weighted by Crippen LogP contribution is -2.52. The number of hydrogen-bond acceptors (Lipinski definition) is 3. The maximum absolute atomic E-state index is 11.8. The Morgan fingerprint density at radius 1 is 1.25 bits per heavy atom. The van der Waals surface area contributed by atoms with Crippen LogP contribution in [0.25, 0.3) is 0 Å².